The summed E-state index contributed by atoms with van der Waals surface area (Å²) in [6, 6.07) is 7.32. The molecule has 0 bridgehead atoms. The third kappa shape index (κ3) is 3.48. The lowest BCUT2D eigenvalue weighted by Crippen LogP contribution is -2.10. The Kier molecular flexibility index (Phi) is 4.95. The largest absolute Gasteiger partial charge is 0.373 e. The minimum atomic E-state index is -0.462. The fourth-order valence-electron chi connectivity index (χ4n) is 1.80. The van der Waals surface area contributed by atoms with E-state index in [1.165, 1.54) is 0 Å². The van der Waals surface area contributed by atoms with Crippen molar-refractivity contribution < 1.29 is 9.63 Å². The molecular formula is C14H12Cl2N2O2. The van der Waals surface area contributed by atoms with Gasteiger partial charge in [-0.2, -0.15) is 5.90 Å². The van der Waals surface area contributed by atoms with Gasteiger partial charge in [-0.25, -0.2) is 0 Å². The second-order valence-corrected chi connectivity index (χ2v) is 4.96. The molecule has 0 saturated heterocycles. The molecule has 4 nitrogen and oxygen atoms in total. The predicted octanol–water partition coefficient (Wildman–Crippen LogP) is 3.40. The number of carbonyl (C=O) groups is 1. The highest BCUT2D eigenvalue weighted by Gasteiger charge is 2.09. The Morgan fingerprint density at radius 1 is 1.30 bits per heavy atom. The number of hydrogen-bond donors (Lipinski definition) is 1. The quantitative estimate of drug-likeness (QED) is 0.879. The number of hydrogen-bond acceptors (Lipinski definition) is 4. The third-order valence-electron chi connectivity index (χ3n) is 2.81. The summed E-state index contributed by atoms with van der Waals surface area (Å²) < 4.78 is 0. The maximum atomic E-state index is 11.0. The number of rotatable bonds is 4. The summed E-state index contributed by atoms with van der Waals surface area (Å²) in [4.78, 5) is 19.3. The monoisotopic (exact) mass is 310 g/mol. The molecule has 1 aromatic heterocycles. The van der Waals surface area contributed by atoms with E-state index in [1.54, 1.807) is 18.5 Å². The first-order chi connectivity index (χ1) is 9.61. The maximum Gasteiger partial charge on any atom is 0.324 e. The lowest BCUT2D eigenvalue weighted by Gasteiger charge is -2.07. The molecule has 6 heteroatoms. The van der Waals surface area contributed by atoms with E-state index in [9.17, 15) is 4.79 Å². The van der Waals surface area contributed by atoms with Gasteiger partial charge in [0, 0.05) is 23.5 Å². The average Bonchev–Trinajstić information content (AvgIpc) is 2.48. The van der Waals surface area contributed by atoms with Crippen LogP contribution in [0.5, 0.6) is 0 Å². The first-order valence-corrected chi connectivity index (χ1v) is 6.65. The zero-order valence-electron chi connectivity index (χ0n) is 10.5. The summed E-state index contributed by atoms with van der Waals surface area (Å²) in [5, 5.41) is 0.968. The SMILES string of the molecule is NOC(=O)CCc1cncc(-c2cccc(Cl)c2Cl)c1. The summed E-state index contributed by atoms with van der Waals surface area (Å²) in [7, 11) is 0. The Morgan fingerprint density at radius 2 is 2.10 bits per heavy atom. The van der Waals surface area contributed by atoms with Gasteiger partial charge in [0.25, 0.3) is 0 Å². The molecule has 0 aliphatic rings. The van der Waals surface area contributed by atoms with Crippen molar-refractivity contribution in [3.05, 3.63) is 52.3 Å². The Balaban J connectivity index is 2.25. The Morgan fingerprint density at radius 3 is 2.85 bits per heavy atom. The number of aryl methyl sites for hydroxylation is 1. The van der Waals surface area contributed by atoms with Crippen molar-refractivity contribution in [3.8, 4) is 11.1 Å². The van der Waals surface area contributed by atoms with Gasteiger partial charge in [0.1, 0.15) is 0 Å². The Bertz CT molecular complexity index is 632. The van der Waals surface area contributed by atoms with Crippen LogP contribution < -0.4 is 5.90 Å². The van der Waals surface area contributed by atoms with E-state index in [1.807, 2.05) is 18.2 Å². The zero-order chi connectivity index (χ0) is 14.5. The van der Waals surface area contributed by atoms with Crippen molar-refractivity contribution in [1.82, 2.24) is 4.98 Å². The van der Waals surface area contributed by atoms with Crippen LogP contribution >= 0.6 is 23.2 Å². The molecule has 2 rings (SSSR count). The minimum Gasteiger partial charge on any atom is -0.373 e. The highest BCUT2D eigenvalue weighted by molar-refractivity contribution is 6.43. The van der Waals surface area contributed by atoms with Crippen molar-refractivity contribution in [2.75, 3.05) is 0 Å². The average molecular weight is 311 g/mol. The van der Waals surface area contributed by atoms with Crippen molar-refractivity contribution >= 4 is 29.2 Å². The lowest BCUT2D eigenvalue weighted by atomic mass is 10.0. The Labute approximate surface area is 126 Å². The van der Waals surface area contributed by atoms with Crippen LogP contribution in [0.15, 0.2) is 36.7 Å². The van der Waals surface area contributed by atoms with E-state index in [4.69, 9.17) is 29.1 Å². The van der Waals surface area contributed by atoms with Gasteiger partial charge in [-0.3, -0.25) is 9.78 Å². The standard InChI is InChI=1S/C14H12Cl2N2O2/c15-12-3-1-2-11(14(12)16)10-6-9(7-18-8-10)4-5-13(19)20-17/h1-3,6-8H,4-5,17H2. The van der Waals surface area contributed by atoms with Crippen LogP contribution in [0.4, 0.5) is 0 Å². The lowest BCUT2D eigenvalue weighted by molar-refractivity contribution is -0.144. The van der Waals surface area contributed by atoms with Crippen LogP contribution in [-0.2, 0) is 16.1 Å². The van der Waals surface area contributed by atoms with Gasteiger partial charge >= 0.3 is 5.97 Å². The molecular weight excluding hydrogens is 299 g/mol. The number of nitrogens with two attached hydrogens (primary N) is 1. The number of carbonyl (C=O) groups excluding carboxylic acids is 1. The minimum absolute atomic E-state index is 0.199. The van der Waals surface area contributed by atoms with Crippen molar-refractivity contribution in [3.63, 3.8) is 0 Å². The van der Waals surface area contributed by atoms with Crippen LogP contribution in [-0.4, -0.2) is 11.0 Å². The normalized spacial score (nSPS) is 10.3. The summed E-state index contributed by atoms with van der Waals surface area (Å²) in [5.74, 6) is 4.33. The number of pyridine rings is 1. The van der Waals surface area contributed by atoms with Crippen LogP contribution in [0.2, 0.25) is 10.0 Å². The number of aromatic nitrogens is 1. The molecule has 0 aliphatic heterocycles. The van der Waals surface area contributed by atoms with Crippen LogP contribution in [0, 0.1) is 0 Å². The van der Waals surface area contributed by atoms with Gasteiger partial charge in [0.15, 0.2) is 0 Å². The molecule has 0 unspecified atom stereocenters. The van der Waals surface area contributed by atoms with E-state index < -0.39 is 5.97 Å². The summed E-state index contributed by atoms with van der Waals surface area (Å²) >= 11 is 12.2. The second-order valence-electron chi connectivity index (χ2n) is 4.17. The first kappa shape index (κ1) is 14.8. The topological polar surface area (TPSA) is 65.2 Å². The number of benzene rings is 1. The van der Waals surface area contributed by atoms with Gasteiger partial charge in [0.05, 0.1) is 16.5 Å². The highest BCUT2D eigenvalue weighted by atomic mass is 35.5. The molecule has 1 heterocycles. The second kappa shape index (κ2) is 6.70. The van der Waals surface area contributed by atoms with Crippen molar-refractivity contribution in [1.29, 1.82) is 0 Å². The third-order valence-corrected chi connectivity index (χ3v) is 3.63. The molecule has 0 spiro atoms. The summed E-state index contributed by atoms with van der Waals surface area (Å²) in [6.45, 7) is 0. The van der Waals surface area contributed by atoms with Gasteiger partial charge in [-0.1, -0.05) is 35.3 Å². The van der Waals surface area contributed by atoms with Crippen LogP contribution in [0.25, 0.3) is 11.1 Å². The van der Waals surface area contributed by atoms with E-state index in [2.05, 4.69) is 9.82 Å². The molecule has 20 heavy (non-hydrogen) atoms. The number of nitrogens with zero attached hydrogens (tertiary/aromatic N) is 1. The van der Waals surface area contributed by atoms with E-state index in [0.717, 1.165) is 16.7 Å². The molecule has 1 aromatic carbocycles. The predicted molar refractivity (Wildman–Crippen MR) is 78.3 cm³/mol. The van der Waals surface area contributed by atoms with E-state index in [-0.39, 0.29) is 6.42 Å². The van der Waals surface area contributed by atoms with Crippen molar-refractivity contribution in [2.45, 2.75) is 12.8 Å². The molecule has 0 aliphatic carbocycles. The molecule has 2 aromatic rings. The molecule has 2 N–H and O–H groups in total. The fraction of sp³-hybridized carbons (Fsp3) is 0.143. The van der Waals surface area contributed by atoms with Crippen LogP contribution in [0.3, 0.4) is 0 Å². The smallest absolute Gasteiger partial charge is 0.324 e. The molecule has 0 saturated carbocycles. The fourth-order valence-corrected chi connectivity index (χ4v) is 2.21. The first-order valence-electron chi connectivity index (χ1n) is 5.89. The Hall–Kier alpha value is -1.62. The summed E-state index contributed by atoms with van der Waals surface area (Å²) in [6.07, 6.45) is 4.08. The van der Waals surface area contributed by atoms with Gasteiger partial charge in [-0.05, 0) is 24.1 Å². The molecule has 0 amide bonds. The molecule has 0 fully saturated rings. The van der Waals surface area contributed by atoms with Gasteiger partial charge in [-0.15, -0.1) is 0 Å². The summed E-state index contributed by atoms with van der Waals surface area (Å²) in [5.41, 5.74) is 2.54. The zero-order valence-corrected chi connectivity index (χ0v) is 12.0. The number of halogens is 2. The molecule has 0 atom stereocenters. The van der Waals surface area contributed by atoms with Crippen molar-refractivity contribution in [2.24, 2.45) is 5.90 Å². The van der Waals surface area contributed by atoms with E-state index >= 15 is 0 Å². The maximum absolute atomic E-state index is 11.0. The molecule has 104 valence electrons. The van der Waals surface area contributed by atoms with Gasteiger partial charge in [0.2, 0.25) is 0 Å². The molecule has 0 radical (unpaired) electrons. The van der Waals surface area contributed by atoms with Gasteiger partial charge < -0.3 is 4.84 Å². The highest BCUT2D eigenvalue weighted by Crippen LogP contribution is 2.33. The van der Waals surface area contributed by atoms with Crippen LogP contribution in [0.1, 0.15) is 12.0 Å². The van der Waals surface area contributed by atoms with E-state index in [0.29, 0.717) is 16.5 Å².